The maximum Gasteiger partial charge on any atom is 0.295 e. The molecule has 0 radical (unpaired) electrons. The third-order valence-corrected chi connectivity index (χ3v) is 3.97. The molecule has 0 saturated heterocycles. The van der Waals surface area contributed by atoms with Gasteiger partial charge in [-0.1, -0.05) is 42.0 Å². The van der Waals surface area contributed by atoms with Gasteiger partial charge in [-0.2, -0.15) is 4.73 Å². The number of amides is 1. The summed E-state index contributed by atoms with van der Waals surface area (Å²) in [5.41, 5.74) is 1.98. The van der Waals surface area contributed by atoms with Crippen LogP contribution in [-0.2, 0) is 6.61 Å². The standard InChI is InChI=1S/C21H20N2O4/c1-15-7-5-8-16(13-15)14-27-23-12-6-9-17(21(23)25)20(24)22-18-10-3-4-11-19(18)26-2/h3-13H,14H2,1-2H3,(H,22,24). The van der Waals surface area contributed by atoms with Crippen molar-refractivity contribution in [1.29, 1.82) is 0 Å². The number of benzene rings is 2. The van der Waals surface area contributed by atoms with Crippen LogP contribution in [0.25, 0.3) is 0 Å². The smallest absolute Gasteiger partial charge is 0.295 e. The van der Waals surface area contributed by atoms with Crippen LogP contribution in [0, 0.1) is 6.92 Å². The number of carbonyl (C=O) groups is 1. The number of anilines is 1. The fourth-order valence-electron chi connectivity index (χ4n) is 2.63. The number of nitrogens with one attached hydrogen (secondary N) is 1. The Kier molecular flexibility index (Phi) is 5.56. The maximum atomic E-state index is 12.6. The van der Waals surface area contributed by atoms with E-state index >= 15 is 0 Å². The topological polar surface area (TPSA) is 69.6 Å². The second-order valence-electron chi connectivity index (χ2n) is 5.97. The molecule has 3 aromatic rings. The zero-order valence-corrected chi connectivity index (χ0v) is 15.1. The Labute approximate surface area is 156 Å². The second kappa shape index (κ2) is 8.23. The monoisotopic (exact) mass is 364 g/mol. The van der Waals surface area contributed by atoms with E-state index in [1.165, 1.54) is 19.4 Å². The van der Waals surface area contributed by atoms with E-state index in [-0.39, 0.29) is 12.2 Å². The normalized spacial score (nSPS) is 10.3. The van der Waals surface area contributed by atoms with Crippen LogP contribution in [0.3, 0.4) is 0 Å². The first-order chi connectivity index (χ1) is 13.1. The van der Waals surface area contributed by atoms with Gasteiger partial charge < -0.3 is 14.9 Å². The van der Waals surface area contributed by atoms with Gasteiger partial charge in [-0.3, -0.25) is 9.59 Å². The molecule has 0 aliphatic rings. The van der Waals surface area contributed by atoms with E-state index in [2.05, 4.69) is 5.32 Å². The summed E-state index contributed by atoms with van der Waals surface area (Å²) in [6, 6.07) is 17.8. The summed E-state index contributed by atoms with van der Waals surface area (Å²) < 4.78 is 6.28. The van der Waals surface area contributed by atoms with Gasteiger partial charge in [0.05, 0.1) is 12.8 Å². The number of nitrogens with zero attached hydrogens (tertiary/aromatic N) is 1. The lowest BCUT2D eigenvalue weighted by Gasteiger charge is -2.12. The van der Waals surface area contributed by atoms with Gasteiger partial charge in [0, 0.05) is 6.20 Å². The fraction of sp³-hybridized carbons (Fsp3) is 0.143. The number of carbonyl (C=O) groups excluding carboxylic acids is 1. The van der Waals surface area contributed by atoms with E-state index in [1.807, 2.05) is 31.2 Å². The van der Waals surface area contributed by atoms with Crippen molar-refractivity contribution in [2.75, 3.05) is 12.4 Å². The lowest BCUT2D eigenvalue weighted by atomic mass is 10.1. The molecule has 1 aromatic heterocycles. The van der Waals surface area contributed by atoms with Gasteiger partial charge >= 0.3 is 0 Å². The molecule has 1 N–H and O–H groups in total. The molecule has 3 rings (SSSR count). The van der Waals surface area contributed by atoms with Crippen molar-refractivity contribution < 1.29 is 14.4 Å². The predicted molar refractivity (Wildman–Crippen MR) is 103 cm³/mol. The number of methoxy groups -OCH3 is 1. The molecule has 1 heterocycles. The summed E-state index contributed by atoms with van der Waals surface area (Å²) in [5, 5.41) is 2.69. The summed E-state index contributed by atoms with van der Waals surface area (Å²) in [5.74, 6) is -0.0178. The van der Waals surface area contributed by atoms with Gasteiger partial charge in [-0.15, -0.1) is 0 Å². The largest absolute Gasteiger partial charge is 0.495 e. The highest BCUT2D eigenvalue weighted by Gasteiger charge is 2.14. The number of pyridine rings is 1. The van der Waals surface area contributed by atoms with Gasteiger partial charge in [0.15, 0.2) is 0 Å². The van der Waals surface area contributed by atoms with Crippen molar-refractivity contribution in [3.8, 4) is 5.75 Å². The Bertz CT molecular complexity index is 1010. The first-order valence-corrected chi connectivity index (χ1v) is 8.43. The highest BCUT2D eigenvalue weighted by molar-refractivity contribution is 6.04. The van der Waals surface area contributed by atoms with Crippen LogP contribution < -0.4 is 20.5 Å². The minimum atomic E-state index is -0.530. The van der Waals surface area contributed by atoms with Gasteiger partial charge in [-0.05, 0) is 36.8 Å². The van der Waals surface area contributed by atoms with Crippen LogP contribution in [0.15, 0.2) is 71.7 Å². The second-order valence-corrected chi connectivity index (χ2v) is 5.97. The molecule has 0 fully saturated rings. The van der Waals surface area contributed by atoms with E-state index in [1.54, 1.807) is 30.3 Å². The molecule has 6 heteroatoms. The van der Waals surface area contributed by atoms with Gasteiger partial charge in [0.2, 0.25) is 0 Å². The lowest BCUT2D eigenvalue weighted by Crippen LogP contribution is -2.32. The Balaban J connectivity index is 1.78. The van der Waals surface area contributed by atoms with Gasteiger partial charge in [0.1, 0.15) is 17.9 Å². The molecule has 0 atom stereocenters. The van der Waals surface area contributed by atoms with Crippen LogP contribution in [0.5, 0.6) is 5.75 Å². The van der Waals surface area contributed by atoms with E-state index in [0.717, 1.165) is 15.9 Å². The van der Waals surface area contributed by atoms with Crippen LogP contribution in [0.2, 0.25) is 0 Å². The quantitative estimate of drug-likeness (QED) is 0.730. The molecule has 6 nitrogen and oxygen atoms in total. The fourth-order valence-corrected chi connectivity index (χ4v) is 2.63. The number of rotatable bonds is 6. The van der Waals surface area contributed by atoms with Crippen molar-refractivity contribution in [1.82, 2.24) is 4.73 Å². The Morgan fingerprint density at radius 2 is 1.89 bits per heavy atom. The summed E-state index contributed by atoms with van der Waals surface area (Å²) >= 11 is 0. The third-order valence-electron chi connectivity index (χ3n) is 3.97. The molecule has 138 valence electrons. The van der Waals surface area contributed by atoms with Crippen LogP contribution in [0.4, 0.5) is 5.69 Å². The van der Waals surface area contributed by atoms with E-state index in [9.17, 15) is 9.59 Å². The van der Waals surface area contributed by atoms with Crippen molar-refractivity contribution in [3.63, 3.8) is 0 Å². The molecule has 0 aliphatic heterocycles. The molecule has 0 unspecified atom stereocenters. The van der Waals surface area contributed by atoms with Crippen molar-refractivity contribution in [2.24, 2.45) is 0 Å². The number of hydrogen-bond donors (Lipinski definition) is 1. The lowest BCUT2D eigenvalue weighted by molar-refractivity contribution is 0.0863. The zero-order valence-electron chi connectivity index (χ0n) is 15.1. The Morgan fingerprint density at radius 1 is 1.07 bits per heavy atom. The molecule has 27 heavy (non-hydrogen) atoms. The number of aryl methyl sites for hydroxylation is 1. The minimum absolute atomic E-state index is 0.0207. The molecular formula is C21H20N2O4. The summed E-state index contributed by atoms with van der Waals surface area (Å²) in [6.45, 7) is 2.21. The Hall–Kier alpha value is -3.54. The summed E-state index contributed by atoms with van der Waals surface area (Å²) in [7, 11) is 1.51. The van der Waals surface area contributed by atoms with E-state index in [0.29, 0.717) is 11.4 Å². The predicted octanol–water partition coefficient (Wildman–Crippen LogP) is 3.05. The Morgan fingerprint density at radius 3 is 2.67 bits per heavy atom. The van der Waals surface area contributed by atoms with E-state index in [4.69, 9.17) is 9.57 Å². The molecule has 2 aromatic carbocycles. The van der Waals surface area contributed by atoms with E-state index < -0.39 is 11.5 Å². The molecule has 0 spiro atoms. The minimum Gasteiger partial charge on any atom is -0.495 e. The summed E-state index contributed by atoms with van der Waals surface area (Å²) in [4.78, 5) is 30.7. The van der Waals surface area contributed by atoms with Crippen molar-refractivity contribution in [2.45, 2.75) is 13.5 Å². The molecule has 0 bridgehead atoms. The van der Waals surface area contributed by atoms with Crippen LogP contribution >= 0.6 is 0 Å². The maximum absolute atomic E-state index is 12.6. The molecular weight excluding hydrogens is 344 g/mol. The van der Waals surface area contributed by atoms with Crippen molar-refractivity contribution in [3.05, 3.63) is 93.9 Å². The third kappa shape index (κ3) is 4.36. The number of para-hydroxylation sites is 2. The van der Waals surface area contributed by atoms with Crippen LogP contribution in [0.1, 0.15) is 21.5 Å². The zero-order chi connectivity index (χ0) is 19.2. The summed E-state index contributed by atoms with van der Waals surface area (Å²) in [6.07, 6.45) is 1.48. The van der Waals surface area contributed by atoms with Gasteiger partial charge in [0.25, 0.3) is 11.5 Å². The highest BCUT2D eigenvalue weighted by Crippen LogP contribution is 2.23. The average Bonchev–Trinajstić information content (AvgIpc) is 2.67. The molecule has 0 saturated carbocycles. The average molecular weight is 364 g/mol. The number of aromatic nitrogens is 1. The first kappa shape index (κ1) is 18.3. The number of ether oxygens (including phenoxy) is 1. The first-order valence-electron chi connectivity index (χ1n) is 8.43. The SMILES string of the molecule is COc1ccccc1NC(=O)c1cccn(OCc2cccc(C)c2)c1=O. The van der Waals surface area contributed by atoms with Gasteiger partial charge in [-0.25, -0.2) is 0 Å². The molecule has 0 aliphatic carbocycles. The van der Waals surface area contributed by atoms with Crippen molar-refractivity contribution >= 4 is 11.6 Å². The van der Waals surface area contributed by atoms with Crippen LogP contribution in [-0.4, -0.2) is 17.7 Å². The highest BCUT2D eigenvalue weighted by atomic mass is 16.7. The molecule has 1 amide bonds. The number of hydrogen-bond acceptors (Lipinski definition) is 4.